The van der Waals surface area contributed by atoms with Gasteiger partial charge in [0.1, 0.15) is 0 Å². The molecule has 0 amide bonds. The second kappa shape index (κ2) is 15.4. The van der Waals surface area contributed by atoms with Crippen molar-refractivity contribution in [3.05, 3.63) is 0 Å². The van der Waals surface area contributed by atoms with Crippen molar-refractivity contribution in [2.75, 3.05) is 54.0 Å². The Morgan fingerprint density at radius 2 is 1.78 bits per heavy atom. The second-order valence-electron chi connectivity index (χ2n) is 6.37. The van der Waals surface area contributed by atoms with Crippen LogP contribution >= 0.6 is 24.0 Å². The van der Waals surface area contributed by atoms with Crippen LogP contribution in [0.25, 0.3) is 0 Å². The number of methoxy groups -OCH3 is 1. The van der Waals surface area contributed by atoms with Crippen molar-refractivity contribution in [3.63, 3.8) is 0 Å². The van der Waals surface area contributed by atoms with Gasteiger partial charge in [0, 0.05) is 33.8 Å². The Labute approximate surface area is 160 Å². The average Bonchev–Trinajstić information content (AvgIpc) is 3.04. The smallest absolute Gasteiger partial charge is 0.190 e. The molecule has 1 rings (SSSR count). The van der Waals surface area contributed by atoms with Gasteiger partial charge in [-0.05, 0) is 38.8 Å². The summed E-state index contributed by atoms with van der Waals surface area (Å²) in [6, 6.07) is 0. The number of guanidine groups is 1. The van der Waals surface area contributed by atoms with Crippen LogP contribution in [0.5, 0.6) is 0 Å². The molecule has 1 saturated carbocycles. The second-order valence-corrected chi connectivity index (χ2v) is 6.37. The van der Waals surface area contributed by atoms with E-state index < -0.39 is 0 Å². The van der Waals surface area contributed by atoms with Crippen LogP contribution in [-0.2, 0) is 4.74 Å². The van der Waals surface area contributed by atoms with Crippen LogP contribution in [0.1, 0.15) is 44.9 Å². The summed E-state index contributed by atoms with van der Waals surface area (Å²) in [6.07, 6.45) is 9.52. The van der Waals surface area contributed by atoms with E-state index in [1.54, 1.807) is 7.11 Å². The van der Waals surface area contributed by atoms with Gasteiger partial charge in [-0.2, -0.15) is 0 Å². The molecule has 1 aliphatic rings. The van der Waals surface area contributed by atoms with Gasteiger partial charge in [0.05, 0.1) is 6.61 Å². The molecular weight excluding hydrogens is 403 g/mol. The van der Waals surface area contributed by atoms with Crippen LogP contribution in [0.3, 0.4) is 0 Å². The minimum absolute atomic E-state index is 0. The molecule has 2 N–H and O–H groups in total. The quantitative estimate of drug-likeness (QED) is 0.225. The highest BCUT2D eigenvalue weighted by molar-refractivity contribution is 14.0. The van der Waals surface area contributed by atoms with Gasteiger partial charge in [-0.25, -0.2) is 0 Å². The summed E-state index contributed by atoms with van der Waals surface area (Å²) in [5.74, 6) is 1.92. The first-order chi connectivity index (χ1) is 10.8. The minimum atomic E-state index is 0. The zero-order chi connectivity index (χ0) is 16.0. The SMILES string of the molecule is CN=C(NCCCC1CCCC1)NCCCN(C)CCOC.I. The van der Waals surface area contributed by atoms with Crippen molar-refractivity contribution < 1.29 is 4.74 Å². The van der Waals surface area contributed by atoms with Crippen molar-refractivity contribution in [2.24, 2.45) is 10.9 Å². The van der Waals surface area contributed by atoms with Gasteiger partial charge in [0.15, 0.2) is 5.96 Å². The maximum absolute atomic E-state index is 5.08. The number of nitrogens with one attached hydrogen (secondary N) is 2. The molecule has 0 radical (unpaired) electrons. The molecule has 0 aliphatic heterocycles. The highest BCUT2D eigenvalue weighted by atomic mass is 127. The summed E-state index contributed by atoms with van der Waals surface area (Å²) >= 11 is 0. The number of hydrogen-bond acceptors (Lipinski definition) is 3. The third kappa shape index (κ3) is 12.0. The minimum Gasteiger partial charge on any atom is -0.383 e. The third-order valence-electron chi connectivity index (χ3n) is 4.47. The van der Waals surface area contributed by atoms with Crippen molar-refractivity contribution in [3.8, 4) is 0 Å². The van der Waals surface area contributed by atoms with E-state index in [1.807, 2.05) is 7.05 Å². The topological polar surface area (TPSA) is 48.9 Å². The van der Waals surface area contributed by atoms with Gasteiger partial charge in [-0.15, -0.1) is 24.0 Å². The van der Waals surface area contributed by atoms with Crippen molar-refractivity contribution in [1.82, 2.24) is 15.5 Å². The van der Waals surface area contributed by atoms with Crippen LogP contribution in [-0.4, -0.2) is 64.9 Å². The predicted molar refractivity (Wildman–Crippen MR) is 110 cm³/mol. The molecule has 1 aliphatic carbocycles. The van der Waals surface area contributed by atoms with Crippen LogP contribution in [0.15, 0.2) is 4.99 Å². The Morgan fingerprint density at radius 1 is 1.13 bits per heavy atom. The molecule has 1 fully saturated rings. The number of aliphatic imine (C=N–C) groups is 1. The molecular formula is C17H37IN4O. The summed E-state index contributed by atoms with van der Waals surface area (Å²) in [5.41, 5.74) is 0. The zero-order valence-electron chi connectivity index (χ0n) is 15.3. The molecule has 0 bridgehead atoms. The van der Waals surface area contributed by atoms with E-state index in [0.717, 1.165) is 51.1 Å². The summed E-state index contributed by atoms with van der Waals surface area (Å²) in [5, 5.41) is 6.81. The maximum Gasteiger partial charge on any atom is 0.190 e. The summed E-state index contributed by atoms with van der Waals surface area (Å²) < 4.78 is 5.08. The normalized spacial score (nSPS) is 15.7. The Kier molecular flexibility index (Phi) is 15.4. The molecule has 0 saturated heterocycles. The fraction of sp³-hybridized carbons (Fsp3) is 0.941. The van der Waals surface area contributed by atoms with E-state index in [0.29, 0.717) is 0 Å². The van der Waals surface area contributed by atoms with Gasteiger partial charge in [-0.1, -0.05) is 25.7 Å². The lowest BCUT2D eigenvalue weighted by Gasteiger charge is -2.17. The molecule has 0 aromatic carbocycles. The van der Waals surface area contributed by atoms with Crippen LogP contribution in [0.4, 0.5) is 0 Å². The zero-order valence-corrected chi connectivity index (χ0v) is 17.6. The third-order valence-corrected chi connectivity index (χ3v) is 4.47. The Balaban J connectivity index is 0.00000484. The summed E-state index contributed by atoms with van der Waals surface area (Å²) in [4.78, 5) is 6.58. The van der Waals surface area contributed by atoms with E-state index in [-0.39, 0.29) is 24.0 Å². The van der Waals surface area contributed by atoms with E-state index >= 15 is 0 Å². The standard InChI is InChI=1S/C17H36N4O.HI/c1-18-17(19-11-6-10-16-8-4-5-9-16)20-12-7-13-21(2)14-15-22-3;/h16H,4-15H2,1-3H3,(H2,18,19,20);1H. The molecule has 0 spiro atoms. The van der Waals surface area contributed by atoms with Gasteiger partial charge < -0.3 is 20.3 Å². The monoisotopic (exact) mass is 440 g/mol. The van der Waals surface area contributed by atoms with E-state index in [2.05, 4.69) is 27.6 Å². The highest BCUT2D eigenvalue weighted by Gasteiger charge is 2.13. The number of ether oxygens (including phenoxy) is 1. The number of rotatable bonds is 11. The molecule has 138 valence electrons. The Morgan fingerprint density at radius 3 is 2.39 bits per heavy atom. The lowest BCUT2D eigenvalue weighted by molar-refractivity contribution is 0.161. The number of likely N-dealkylation sites (N-methyl/N-ethyl adjacent to an activating group) is 1. The molecule has 6 heteroatoms. The van der Waals surface area contributed by atoms with E-state index in [1.165, 1.54) is 38.5 Å². The highest BCUT2D eigenvalue weighted by Crippen LogP contribution is 2.28. The molecule has 23 heavy (non-hydrogen) atoms. The largest absolute Gasteiger partial charge is 0.383 e. The number of nitrogens with zero attached hydrogens (tertiary/aromatic N) is 2. The Hall–Kier alpha value is -0.0800. The predicted octanol–water partition coefficient (Wildman–Crippen LogP) is 2.71. The van der Waals surface area contributed by atoms with Gasteiger partial charge in [0.2, 0.25) is 0 Å². The van der Waals surface area contributed by atoms with Crippen LogP contribution in [0, 0.1) is 5.92 Å². The first-order valence-corrected chi connectivity index (χ1v) is 8.88. The molecule has 0 aromatic rings. The first-order valence-electron chi connectivity index (χ1n) is 8.88. The molecule has 0 aromatic heterocycles. The van der Waals surface area contributed by atoms with Gasteiger partial charge >= 0.3 is 0 Å². The van der Waals surface area contributed by atoms with Gasteiger partial charge in [0.25, 0.3) is 0 Å². The van der Waals surface area contributed by atoms with Crippen LogP contribution in [0.2, 0.25) is 0 Å². The summed E-state index contributed by atoms with van der Waals surface area (Å²) in [6.45, 7) is 4.86. The molecule has 0 atom stereocenters. The Bertz CT molecular complexity index is 296. The van der Waals surface area contributed by atoms with Crippen molar-refractivity contribution in [1.29, 1.82) is 0 Å². The van der Waals surface area contributed by atoms with Crippen molar-refractivity contribution in [2.45, 2.75) is 44.9 Å². The number of halogens is 1. The molecule has 0 heterocycles. The molecule has 0 unspecified atom stereocenters. The molecule has 5 nitrogen and oxygen atoms in total. The maximum atomic E-state index is 5.08. The van der Waals surface area contributed by atoms with Gasteiger partial charge in [-0.3, -0.25) is 4.99 Å². The number of hydrogen-bond donors (Lipinski definition) is 2. The average molecular weight is 440 g/mol. The lowest BCUT2D eigenvalue weighted by atomic mass is 10.0. The van der Waals surface area contributed by atoms with Crippen LogP contribution < -0.4 is 10.6 Å². The summed E-state index contributed by atoms with van der Waals surface area (Å²) in [7, 11) is 5.73. The van der Waals surface area contributed by atoms with E-state index in [9.17, 15) is 0 Å². The fourth-order valence-corrected chi connectivity index (χ4v) is 3.03. The lowest BCUT2D eigenvalue weighted by Crippen LogP contribution is -2.39. The van der Waals surface area contributed by atoms with E-state index in [4.69, 9.17) is 4.74 Å². The van der Waals surface area contributed by atoms with Crippen molar-refractivity contribution >= 4 is 29.9 Å². The fourth-order valence-electron chi connectivity index (χ4n) is 3.03. The first kappa shape index (κ1) is 22.9.